The van der Waals surface area contributed by atoms with Crippen LogP contribution in [0, 0.1) is 10.1 Å². The minimum Gasteiger partial charge on any atom is -0.326 e. The van der Waals surface area contributed by atoms with E-state index in [0.717, 1.165) is 6.42 Å². The molecule has 1 heterocycles. The van der Waals surface area contributed by atoms with Gasteiger partial charge in [0.2, 0.25) is 0 Å². The lowest BCUT2D eigenvalue weighted by atomic mass is 10.3. The number of benzene rings is 1. The van der Waals surface area contributed by atoms with Gasteiger partial charge in [0.05, 0.1) is 4.92 Å². The van der Waals surface area contributed by atoms with Crippen LogP contribution in [-0.4, -0.2) is 35.0 Å². The van der Waals surface area contributed by atoms with Crippen LogP contribution >= 0.6 is 0 Å². The lowest BCUT2D eigenvalue weighted by Gasteiger charge is -2.16. The second kappa shape index (κ2) is 5.01. The van der Waals surface area contributed by atoms with Crippen LogP contribution in [0.3, 0.4) is 0 Å². The zero-order chi connectivity index (χ0) is 13.1. The van der Waals surface area contributed by atoms with Crippen molar-refractivity contribution in [1.29, 1.82) is 0 Å². The fourth-order valence-electron chi connectivity index (χ4n) is 1.84. The average Bonchev–Trinajstić information content (AvgIpc) is 2.76. The van der Waals surface area contributed by atoms with Crippen LogP contribution in [0.4, 0.5) is 16.2 Å². The zero-order valence-corrected chi connectivity index (χ0v) is 9.70. The van der Waals surface area contributed by atoms with Crippen molar-refractivity contribution in [2.75, 3.05) is 18.4 Å². The molecule has 96 valence electrons. The molecular formula is C11H14N4O3. The van der Waals surface area contributed by atoms with Crippen LogP contribution in [0.5, 0.6) is 0 Å². The Morgan fingerprint density at radius 2 is 2.11 bits per heavy atom. The monoisotopic (exact) mass is 250 g/mol. The Morgan fingerprint density at radius 3 is 2.61 bits per heavy atom. The van der Waals surface area contributed by atoms with Crippen LogP contribution in [-0.2, 0) is 0 Å². The normalized spacial score (nSPS) is 18.7. The summed E-state index contributed by atoms with van der Waals surface area (Å²) in [6, 6.07) is 5.53. The highest BCUT2D eigenvalue weighted by molar-refractivity contribution is 5.89. The molecule has 3 N–H and O–H groups in total. The molecule has 0 bridgehead atoms. The number of anilines is 1. The maximum atomic E-state index is 11.8. The van der Waals surface area contributed by atoms with Crippen LogP contribution in [0.1, 0.15) is 6.42 Å². The Morgan fingerprint density at radius 1 is 1.44 bits per heavy atom. The predicted octanol–water partition coefficient (Wildman–Crippen LogP) is 1.16. The van der Waals surface area contributed by atoms with E-state index in [2.05, 4.69) is 5.32 Å². The summed E-state index contributed by atoms with van der Waals surface area (Å²) < 4.78 is 0. The number of amides is 2. The molecule has 1 fully saturated rings. The number of nitro benzene ring substituents is 1. The van der Waals surface area contributed by atoms with Gasteiger partial charge in [0.15, 0.2) is 0 Å². The molecule has 1 aliphatic rings. The number of carbonyl (C=O) groups is 1. The molecule has 0 aliphatic carbocycles. The third-order valence-electron chi connectivity index (χ3n) is 2.84. The van der Waals surface area contributed by atoms with E-state index in [0.29, 0.717) is 18.8 Å². The number of nitrogens with one attached hydrogen (secondary N) is 1. The molecule has 1 atom stereocenters. The van der Waals surface area contributed by atoms with Gasteiger partial charge in [-0.05, 0) is 18.6 Å². The first-order valence-electron chi connectivity index (χ1n) is 5.62. The quantitative estimate of drug-likeness (QED) is 0.607. The van der Waals surface area contributed by atoms with E-state index in [4.69, 9.17) is 5.73 Å². The Balaban J connectivity index is 1.97. The molecule has 0 spiro atoms. The molecule has 2 amide bonds. The number of nitrogens with zero attached hydrogens (tertiary/aromatic N) is 2. The number of carbonyl (C=O) groups excluding carboxylic acids is 1. The van der Waals surface area contributed by atoms with E-state index >= 15 is 0 Å². The number of nitrogens with two attached hydrogens (primary N) is 1. The number of nitro groups is 1. The third-order valence-corrected chi connectivity index (χ3v) is 2.84. The Hall–Kier alpha value is -2.15. The van der Waals surface area contributed by atoms with Gasteiger partial charge in [-0.3, -0.25) is 10.1 Å². The van der Waals surface area contributed by atoms with Crippen molar-refractivity contribution in [3.05, 3.63) is 34.4 Å². The summed E-state index contributed by atoms with van der Waals surface area (Å²) in [5.41, 5.74) is 6.24. The molecular weight excluding hydrogens is 236 g/mol. The molecule has 1 saturated heterocycles. The molecule has 0 unspecified atom stereocenters. The highest BCUT2D eigenvalue weighted by atomic mass is 16.6. The molecule has 0 radical (unpaired) electrons. The number of non-ortho nitro benzene ring substituents is 1. The molecule has 18 heavy (non-hydrogen) atoms. The summed E-state index contributed by atoms with van der Waals surface area (Å²) >= 11 is 0. The molecule has 1 aliphatic heterocycles. The molecule has 1 aromatic rings. The van der Waals surface area contributed by atoms with Gasteiger partial charge in [-0.1, -0.05) is 0 Å². The van der Waals surface area contributed by atoms with E-state index in [9.17, 15) is 14.9 Å². The van der Waals surface area contributed by atoms with Crippen molar-refractivity contribution in [2.45, 2.75) is 12.5 Å². The van der Waals surface area contributed by atoms with Crippen LogP contribution in [0.2, 0.25) is 0 Å². The molecule has 1 aromatic carbocycles. The fourth-order valence-corrected chi connectivity index (χ4v) is 1.84. The number of urea groups is 1. The molecule has 0 aromatic heterocycles. The van der Waals surface area contributed by atoms with Gasteiger partial charge in [-0.15, -0.1) is 0 Å². The van der Waals surface area contributed by atoms with E-state index in [1.165, 1.54) is 24.3 Å². The first-order valence-corrected chi connectivity index (χ1v) is 5.62. The first-order chi connectivity index (χ1) is 8.56. The lowest BCUT2D eigenvalue weighted by molar-refractivity contribution is -0.384. The number of hydrogen-bond donors (Lipinski definition) is 2. The summed E-state index contributed by atoms with van der Waals surface area (Å²) in [6.45, 7) is 1.18. The van der Waals surface area contributed by atoms with E-state index in [-0.39, 0.29) is 17.8 Å². The lowest BCUT2D eigenvalue weighted by Crippen LogP contribution is -2.35. The molecule has 7 nitrogen and oxygen atoms in total. The van der Waals surface area contributed by atoms with Gasteiger partial charge < -0.3 is 16.0 Å². The summed E-state index contributed by atoms with van der Waals surface area (Å²) in [4.78, 5) is 23.4. The summed E-state index contributed by atoms with van der Waals surface area (Å²) in [7, 11) is 0. The van der Waals surface area contributed by atoms with Crippen molar-refractivity contribution >= 4 is 17.4 Å². The van der Waals surface area contributed by atoms with E-state index in [1.54, 1.807) is 4.90 Å². The fraction of sp³-hybridized carbons (Fsp3) is 0.364. The van der Waals surface area contributed by atoms with Crippen molar-refractivity contribution in [3.63, 3.8) is 0 Å². The van der Waals surface area contributed by atoms with Gasteiger partial charge in [-0.2, -0.15) is 0 Å². The third kappa shape index (κ3) is 2.75. The largest absolute Gasteiger partial charge is 0.326 e. The maximum absolute atomic E-state index is 11.8. The number of rotatable bonds is 2. The molecule has 2 rings (SSSR count). The minimum atomic E-state index is -0.481. The second-order valence-electron chi connectivity index (χ2n) is 4.23. The standard InChI is InChI=1S/C11H14N4O3/c12-8-5-6-14(7-8)11(16)13-9-1-3-10(4-2-9)15(17)18/h1-4,8H,5-7,12H2,(H,13,16)/t8-/m1/s1. The van der Waals surface area contributed by atoms with E-state index < -0.39 is 4.92 Å². The number of likely N-dealkylation sites (tertiary alicyclic amines) is 1. The van der Waals surface area contributed by atoms with Gasteiger partial charge in [-0.25, -0.2) is 4.79 Å². The SMILES string of the molecule is N[C@@H]1CCN(C(=O)Nc2ccc([N+](=O)[O-])cc2)C1. The van der Waals surface area contributed by atoms with Gasteiger partial charge in [0.25, 0.3) is 5.69 Å². The summed E-state index contributed by atoms with van der Waals surface area (Å²) in [6.07, 6.45) is 0.799. The smallest absolute Gasteiger partial charge is 0.321 e. The summed E-state index contributed by atoms with van der Waals surface area (Å²) in [5, 5.41) is 13.2. The molecule has 7 heteroatoms. The van der Waals surface area contributed by atoms with E-state index in [1.807, 2.05) is 0 Å². The van der Waals surface area contributed by atoms with Gasteiger partial charge >= 0.3 is 6.03 Å². The molecule has 0 saturated carbocycles. The first kappa shape index (κ1) is 12.3. The average molecular weight is 250 g/mol. The Bertz CT molecular complexity index is 460. The highest BCUT2D eigenvalue weighted by Crippen LogP contribution is 2.16. The van der Waals surface area contributed by atoms with Gasteiger partial charge in [0, 0.05) is 37.0 Å². The Kier molecular flexibility index (Phi) is 3.42. The van der Waals surface area contributed by atoms with Crippen molar-refractivity contribution in [2.24, 2.45) is 5.73 Å². The van der Waals surface area contributed by atoms with Crippen LogP contribution < -0.4 is 11.1 Å². The summed E-state index contributed by atoms with van der Waals surface area (Å²) in [5.74, 6) is 0. The highest BCUT2D eigenvalue weighted by Gasteiger charge is 2.23. The minimum absolute atomic E-state index is 0.00352. The maximum Gasteiger partial charge on any atom is 0.321 e. The van der Waals surface area contributed by atoms with Gasteiger partial charge in [0.1, 0.15) is 0 Å². The zero-order valence-electron chi connectivity index (χ0n) is 9.70. The van der Waals surface area contributed by atoms with Crippen LogP contribution in [0.25, 0.3) is 0 Å². The van der Waals surface area contributed by atoms with Crippen molar-refractivity contribution in [3.8, 4) is 0 Å². The number of hydrogen-bond acceptors (Lipinski definition) is 4. The van der Waals surface area contributed by atoms with Crippen molar-refractivity contribution in [1.82, 2.24) is 4.90 Å². The second-order valence-corrected chi connectivity index (χ2v) is 4.23. The predicted molar refractivity (Wildman–Crippen MR) is 66.3 cm³/mol. The van der Waals surface area contributed by atoms with Crippen LogP contribution in [0.15, 0.2) is 24.3 Å². The van der Waals surface area contributed by atoms with Crippen molar-refractivity contribution < 1.29 is 9.72 Å². The Labute approximate surface area is 104 Å². The topological polar surface area (TPSA) is 102 Å².